The number of benzene rings is 1. The molecule has 2 aromatic heterocycles. The molecular weight excluding hydrogens is 364 g/mol. The minimum absolute atomic E-state index is 0.222. The van der Waals surface area contributed by atoms with Crippen molar-refractivity contribution in [2.45, 2.75) is 12.6 Å². The molecule has 3 aromatic rings. The van der Waals surface area contributed by atoms with Crippen molar-refractivity contribution in [1.82, 2.24) is 25.2 Å². The highest BCUT2D eigenvalue weighted by molar-refractivity contribution is 7.22. The van der Waals surface area contributed by atoms with E-state index < -0.39 is 0 Å². The van der Waals surface area contributed by atoms with Gasteiger partial charge in [-0.05, 0) is 23.4 Å². The van der Waals surface area contributed by atoms with Gasteiger partial charge in [-0.2, -0.15) is 4.80 Å². The Morgan fingerprint density at radius 1 is 1.44 bits per heavy atom. The van der Waals surface area contributed by atoms with Crippen molar-refractivity contribution in [3.63, 3.8) is 0 Å². The maximum atomic E-state index is 6.07. The van der Waals surface area contributed by atoms with E-state index in [-0.39, 0.29) is 6.10 Å². The van der Waals surface area contributed by atoms with Gasteiger partial charge < -0.3 is 14.4 Å². The molecule has 8 nitrogen and oxygen atoms in total. The minimum Gasteiger partial charge on any atom is -0.383 e. The van der Waals surface area contributed by atoms with E-state index in [4.69, 9.17) is 26.1 Å². The Morgan fingerprint density at radius 2 is 2.36 bits per heavy atom. The van der Waals surface area contributed by atoms with Crippen LogP contribution in [-0.4, -0.2) is 58.6 Å². The molecule has 132 valence electrons. The number of tetrazole rings is 1. The van der Waals surface area contributed by atoms with Crippen LogP contribution in [0.25, 0.3) is 10.2 Å². The summed E-state index contributed by atoms with van der Waals surface area (Å²) in [5.41, 5.74) is 0.955. The lowest BCUT2D eigenvalue weighted by Crippen LogP contribution is -2.38. The number of ether oxygens (including phenoxy) is 2. The zero-order valence-electron chi connectivity index (χ0n) is 13.6. The second-order valence-corrected chi connectivity index (χ2v) is 7.10. The molecule has 1 atom stereocenters. The number of fused-ring (bicyclic) bond motifs is 1. The van der Waals surface area contributed by atoms with Crippen LogP contribution in [-0.2, 0) is 16.0 Å². The quantitative estimate of drug-likeness (QED) is 0.671. The van der Waals surface area contributed by atoms with E-state index in [1.54, 1.807) is 18.4 Å². The second-order valence-electron chi connectivity index (χ2n) is 5.65. The number of hydrogen-bond donors (Lipinski definition) is 0. The lowest BCUT2D eigenvalue weighted by Gasteiger charge is -2.31. The van der Waals surface area contributed by atoms with E-state index in [0.717, 1.165) is 26.9 Å². The molecular formula is C15H17ClN6O2S. The van der Waals surface area contributed by atoms with Gasteiger partial charge in [-0.3, -0.25) is 0 Å². The van der Waals surface area contributed by atoms with E-state index in [9.17, 15) is 0 Å². The average Bonchev–Trinajstić information content (AvgIpc) is 3.26. The molecule has 0 bridgehead atoms. The first-order valence-corrected chi connectivity index (χ1v) is 9.11. The van der Waals surface area contributed by atoms with Gasteiger partial charge in [0.15, 0.2) is 5.13 Å². The van der Waals surface area contributed by atoms with Crippen molar-refractivity contribution >= 4 is 38.3 Å². The van der Waals surface area contributed by atoms with Gasteiger partial charge in [-0.25, -0.2) is 4.98 Å². The highest BCUT2D eigenvalue weighted by Gasteiger charge is 2.27. The highest BCUT2D eigenvalue weighted by Crippen LogP contribution is 2.32. The third kappa shape index (κ3) is 3.59. The summed E-state index contributed by atoms with van der Waals surface area (Å²) in [6.07, 6.45) is -0.222. The van der Waals surface area contributed by atoms with Crippen LogP contribution in [0.4, 0.5) is 5.13 Å². The topological polar surface area (TPSA) is 78.2 Å². The maximum Gasteiger partial charge on any atom is 0.205 e. The predicted molar refractivity (Wildman–Crippen MR) is 95.2 cm³/mol. The van der Waals surface area contributed by atoms with Gasteiger partial charge in [0.2, 0.25) is 5.82 Å². The third-order valence-electron chi connectivity index (χ3n) is 3.93. The SMILES string of the molecule is COCCn1nnc(C2CN(c3nc4ccc(Cl)cc4s3)CCO2)n1. The third-order valence-corrected chi connectivity index (χ3v) is 5.24. The van der Waals surface area contributed by atoms with Crippen LogP contribution in [0.1, 0.15) is 11.9 Å². The molecule has 4 rings (SSSR count). The Hall–Kier alpha value is -1.81. The lowest BCUT2D eigenvalue weighted by molar-refractivity contribution is 0.0337. The molecule has 0 radical (unpaired) electrons. The van der Waals surface area contributed by atoms with Crippen molar-refractivity contribution in [2.75, 3.05) is 38.3 Å². The molecule has 1 aromatic carbocycles. The molecule has 0 saturated carbocycles. The molecule has 0 spiro atoms. The summed E-state index contributed by atoms with van der Waals surface area (Å²) in [5, 5.41) is 14.2. The standard InChI is InChI=1S/C15H17ClN6O2S/c1-23-6-5-22-19-14(18-20-22)12-9-21(4-7-24-12)15-17-11-3-2-10(16)8-13(11)25-15/h2-3,8,12H,4-7,9H2,1H3. The van der Waals surface area contributed by atoms with E-state index in [1.165, 1.54) is 4.80 Å². The summed E-state index contributed by atoms with van der Waals surface area (Å²) in [6.45, 7) is 3.12. The number of aromatic nitrogens is 5. The Morgan fingerprint density at radius 3 is 3.24 bits per heavy atom. The lowest BCUT2D eigenvalue weighted by atomic mass is 10.3. The Labute approximate surface area is 153 Å². The molecule has 1 fully saturated rings. The fraction of sp³-hybridized carbons (Fsp3) is 0.467. The highest BCUT2D eigenvalue weighted by atomic mass is 35.5. The van der Waals surface area contributed by atoms with Crippen LogP contribution in [0, 0.1) is 0 Å². The molecule has 1 aliphatic heterocycles. The molecule has 1 aliphatic rings. The van der Waals surface area contributed by atoms with Crippen molar-refractivity contribution in [3.05, 3.63) is 29.0 Å². The average molecular weight is 381 g/mol. The van der Waals surface area contributed by atoms with Crippen molar-refractivity contribution in [1.29, 1.82) is 0 Å². The van der Waals surface area contributed by atoms with Crippen LogP contribution in [0.15, 0.2) is 18.2 Å². The minimum atomic E-state index is -0.222. The molecule has 1 saturated heterocycles. The monoisotopic (exact) mass is 380 g/mol. The number of thiazole rings is 1. The number of nitrogens with zero attached hydrogens (tertiary/aromatic N) is 6. The fourth-order valence-corrected chi connectivity index (χ4v) is 3.93. The Balaban J connectivity index is 1.50. The van der Waals surface area contributed by atoms with Crippen LogP contribution in [0.5, 0.6) is 0 Å². The number of halogens is 1. The summed E-state index contributed by atoms with van der Waals surface area (Å²) >= 11 is 7.69. The first-order chi connectivity index (χ1) is 12.2. The summed E-state index contributed by atoms with van der Waals surface area (Å²) in [5.74, 6) is 0.588. The van der Waals surface area contributed by atoms with Gasteiger partial charge in [-0.15, -0.1) is 10.2 Å². The number of methoxy groups -OCH3 is 1. The van der Waals surface area contributed by atoms with E-state index in [2.05, 4.69) is 20.3 Å². The molecule has 10 heteroatoms. The van der Waals surface area contributed by atoms with Crippen molar-refractivity contribution in [2.24, 2.45) is 0 Å². The van der Waals surface area contributed by atoms with Gasteiger partial charge in [0, 0.05) is 18.7 Å². The van der Waals surface area contributed by atoms with Crippen LogP contribution in [0.2, 0.25) is 5.02 Å². The van der Waals surface area contributed by atoms with Gasteiger partial charge in [-0.1, -0.05) is 22.9 Å². The van der Waals surface area contributed by atoms with Crippen molar-refractivity contribution < 1.29 is 9.47 Å². The zero-order valence-corrected chi connectivity index (χ0v) is 15.2. The first-order valence-electron chi connectivity index (χ1n) is 7.92. The predicted octanol–water partition coefficient (Wildman–Crippen LogP) is 2.16. The van der Waals surface area contributed by atoms with E-state index >= 15 is 0 Å². The van der Waals surface area contributed by atoms with Gasteiger partial charge >= 0.3 is 0 Å². The Kier molecular flexibility index (Phi) is 4.80. The summed E-state index contributed by atoms with van der Waals surface area (Å²) in [6, 6.07) is 5.75. The molecule has 0 aliphatic carbocycles. The molecule has 3 heterocycles. The second kappa shape index (κ2) is 7.20. The van der Waals surface area contributed by atoms with Crippen LogP contribution >= 0.6 is 22.9 Å². The first kappa shape index (κ1) is 16.6. The number of anilines is 1. The molecule has 1 unspecified atom stereocenters. The zero-order chi connectivity index (χ0) is 17.2. The fourth-order valence-electron chi connectivity index (χ4n) is 2.65. The molecule has 25 heavy (non-hydrogen) atoms. The normalized spacial score (nSPS) is 18.2. The van der Waals surface area contributed by atoms with Gasteiger partial charge in [0.05, 0.1) is 36.5 Å². The van der Waals surface area contributed by atoms with Crippen LogP contribution in [0.3, 0.4) is 0 Å². The number of morpholine rings is 1. The number of rotatable bonds is 5. The smallest absolute Gasteiger partial charge is 0.205 e. The largest absolute Gasteiger partial charge is 0.383 e. The molecule has 0 N–H and O–H groups in total. The Bertz CT molecular complexity index is 869. The summed E-state index contributed by atoms with van der Waals surface area (Å²) < 4.78 is 11.9. The molecule has 0 amide bonds. The van der Waals surface area contributed by atoms with Crippen molar-refractivity contribution in [3.8, 4) is 0 Å². The maximum absolute atomic E-state index is 6.07. The summed E-state index contributed by atoms with van der Waals surface area (Å²) in [4.78, 5) is 8.43. The summed E-state index contributed by atoms with van der Waals surface area (Å²) in [7, 11) is 1.64. The van der Waals surface area contributed by atoms with Gasteiger partial charge in [0.25, 0.3) is 0 Å². The van der Waals surface area contributed by atoms with E-state index in [0.29, 0.717) is 32.1 Å². The van der Waals surface area contributed by atoms with Crippen LogP contribution < -0.4 is 4.90 Å². The van der Waals surface area contributed by atoms with E-state index in [1.807, 2.05) is 18.2 Å². The van der Waals surface area contributed by atoms with Gasteiger partial charge in [0.1, 0.15) is 6.10 Å². The number of hydrogen-bond acceptors (Lipinski definition) is 8.